The van der Waals surface area contributed by atoms with Crippen molar-refractivity contribution in [3.05, 3.63) is 0 Å². The van der Waals surface area contributed by atoms with Crippen LogP contribution < -0.4 is 103 Å². The Hall–Kier alpha value is 4.63. The van der Waals surface area contributed by atoms with E-state index in [0.717, 1.165) is 0 Å². The molecule has 0 aliphatic carbocycles. The average molecular weight is 444 g/mol. The Morgan fingerprint density at radius 2 is 0.364 bits per heavy atom. The fourth-order valence-electron chi connectivity index (χ4n) is 0. The maximum absolute atomic E-state index is 0. The van der Waals surface area contributed by atoms with Crippen molar-refractivity contribution in [2.24, 2.45) is 0 Å². The van der Waals surface area contributed by atoms with Crippen LogP contribution in [0.5, 0.6) is 0 Å². The van der Waals surface area contributed by atoms with Crippen molar-refractivity contribution in [3.8, 4) is 0 Å². The van der Waals surface area contributed by atoms with Gasteiger partial charge in [-0.25, -0.2) is 0 Å². The van der Waals surface area contributed by atoms with E-state index in [2.05, 4.69) is 0 Å². The van der Waals surface area contributed by atoms with Crippen molar-refractivity contribution < 1.29 is 141 Å². The van der Waals surface area contributed by atoms with Gasteiger partial charge in [0.25, 0.3) is 0 Å². The molecule has 0 unspecified atom stereocenters. The van der Waals surface area contributed by atoms with Crippen LogP contribution >= 0.6 is 0 Å². The molecule has 0 rings (SSSR count). The van der Waals surface area contributed by atoms with Crippen molar-refractivity contribution in [2.75, 3.05) is 0 Å². The maximum Gasteiger partial charge on any atom is 1.00 e. The first kappa shape index (κ1) is 156. The summed E-state index contributed by atoms with van der Waals surface area (Å²) in [6.45, 7) is 0. The van der Waals surface area contributed by atoms with Crippen LogP contribution in [0.2, 0.25) is 0 Å². The third-order valence-electron chi connectivity index (χ3n) is 0. The molecule has 66 valence electrons. The summed E-state index contributed by atoms with van der Waals surface area (Å²) < 4.78 is 0. The summed E-state index contributed by atoms with van der Waals surface area (Å²) in [7, 11) is 0. The molecular weight excluding hydrogens is 434 g/mol. The van der Waals surface area contributed by atoms with Gasteiger partial charge in [-0.1, -0.05) is 0 Å². The van der Waals surface area contributed by atoms with E-state index in [1.165, 1.54) is 0 Å². The van der Waals surface area contributed by atoms with Gasteiger partial charge >= 0.3 is 103 Å². The Balaban J connectivity index is 0. The molecule has 0 bridgehead atoms. The summed E-state index contributed by atoms with van der Waals surface area (Å²) in [5.74, 6) is 0. The first-order valence-corrected chi connectivity index (χ1v) is 0. The maximum atomic E-state index is 0. The predicted octanol–water partition coefficient (Wildman–Crippen LogP) is -9.93. The molecule has 10 N–H and O–H groups in total. The topological polar surface area (TPSA) is 214 Å². The number of hydrogen-bond acceptors (Lipinski definition) is 4. The molecule has 11 heavy (non-hydrogen) atoms. The van der Waals surface area contributed by atoms with Crippen LogP contribution in [0.15, 0.2) is 0 Å². The van der Waals surface area contributed by atoms with Crippen molar-refractivity contribution in [3.63, 3.8) is 0 Å². The number of hydrogen-bond donors (Lipinski definition) is 0. The van der Waals surface area contributed by atoms with Gasteiger partial charge in [0.05, 0.1) is 0 Å². The SMILES string of the molecule is O.O.O.[K+].[K+].[OH-].[OH-].[OH-].[OH-].[Sb].[Sb]. The van der Waals surface area contributed by atoms with E-state index in [4.69, 9.17) is 0 Å². The molecule has 0 fully saturated rings. The first-order valence-electron chi connectivity index (χ1n) is 0. The minimum Gasteiger partial charge on any atom is -0.870 e. The van der Waals surface area contributed by atoms with Crippen LogP contribution in [-0.4, -0.2) is 87.2 Å². The van der Waals surface area contributed by atoms with Gasteiger partial charge in [0.1, 0.15) is 0 Å². The van der Waals surface area contributed by atoms with E-state index in [1.807, 2.05) is 0 Å². The van der Waals surface area contributed by atoms with E-state index < -0.39 is 0 Å². The summed E-state index contributed by atoms with van der Waals surface area (Å²) in [6.07, 6.45) is 0. The fourth-order valence-corrected chi connectivity index (χ4v) is 0. The van der Waals surface area contributed by atoms with Crippen LogP contribution in [0.4, 0.5) is 0 Å². The molecule has 0 aliphatic heterocycles. The summed E-state index contributed by atoms with van der Waals surface area (Å²) in [4.78, 5) is 0. The van der Waals surface area contributed by atoms with Crippen LogP contribution in [-0.2, 0) is 0 Å². The van der Waals surface area contributed by atoms with E-state index in [0.29, 0.717) is 0 Å². The second-order valence-electron chi connectivity index (χ2n) is 0. The molecule has 7 nitrogen and oxygen atoms in total. The third kappa shape index (κ3) is 109. The molecule has 0 spiro atoms. The predicted molar refractivity (Wildman–Crippen MR) is 30.1 cm³/mol. The molecule has 11 heteroatoms. The summed E-state index contributed by atoms with van der Waals surface area (Å²) in [6, 6.07) is 0. The van der Waals surface area contributed by atoms with E-state index in [9.17, 15) is 0 Å². The van der Waals surface area contributed by atoms with Gasteiger partial charge in [-0.2, -0.15) is 0 Å². The normalized spacial score (nSPS) is 0. The molecule has 0 aromatic heterocycles. The van der Waals surface area contributed by atoms with Crippen LogP contribution in [0.3, 0.4) is 0 Å². The van der Waals surface area contributed by atoms with Crippen molar-refractivity contribution >= 4 is 48.9 Å². The van der Waals surface area contributed by atoms with Gasteiger partial charge in [-0.05, 0) is 0 Å². The first-order chi connectivity index (χ1) is 0. The zero-order valence-electron chi connectivity index (χ0n) is 6.18. The Morgan fingerprint density at radius 1 is 0.364 bits per heavy atom. The van der Waals surface area contributed by atoms with Gasteiger partial charge in [-0.3, -0.25) is 0 Å². The van der Waals surface area contributed by atoms with Gasteiger partial charge in [0.15, 0.2) is 0 Å². The largest absolute Gasteiger partial charge is 1.00 e. The molecule has 6 radical (unpaired) electrons. The van der Waals surface area contributed by atoms with Crippen molar-refractivity contribution in [2.45, 2.75) is 0 Å². The molecule has 0 aromatic carbocycles. The zero-order chi connectivity index (χ0) is 0. The fraction of sp³-hybridized carbons (Fsp3) is 0. The second kappa shape index (κ2) is 127. The summed E-state index contributed by atoms with van der Waals surface area (Å²) in [5.41, 5.74) is 0. The van der Waals surface area contributed by atoms with Gasteiger partial charge in [0.2, 0.25) is 0 Å². The molecule has 0 saturated carbocycles. The molecular formula is H10K2O7Sb2-2. The Labute approximate surface area is 185 Å². The quantitative estimate of drug-likeness (QED) is 0.333. The summed E-state index contributed by atoms with van der Waals surface area (Å²) in [5, 5.41) is 0. The van der Waals surface area contributed by atoms with Gasteiger partial charge < -0.3 is 38.3 Å². The van der Waals surface area contributed by atoms with E-state index >= 15 is 0 Å². The second-order valence-corrected chi connectivity index (χ2v) is 0. The van der Waals surface area contributed by atoms with Crippen molar-refractivity contribution in [1.29, 1.82) is 0 Å². The van der Waals surface area contributed by atoms with Crippen LogP contribution in [0.1, 0.15) is 0 Å². The van der Waals surface area contributed by atoms with Crippen LogP contribution in [0.25, 0.3) is 0 Å². The van der Waals surface area contributed by atoms with Gasteiger partial charge in [-0.15, -0.1) is 0 Å². The monoisotopic (exact) mass is 442 g/mol. The molecule has 0 saturated heterocycles. The van der Waals surface area contributed by atoms with Crippen LogP contribution in [0, 0.1) is 0 Å². The molecule has 0 aromatic rings. The molecule has 0 aliphatic rings. The molecule has 0 atom stereocenters. The zero-order valence-corrected chi connectivity index (χ0v) is 17.5. The van der Waals surface area contributed by atoms with E-state index in [1.54, 1.807) is 0 Å². The van der Waals surface area contributed by atoms with Gasteiger partial charge in [0, 0.05) is 48.9 Å². The average Bonchev–Trinajstić information content (AvgIpc) is 0. The van der Waals surface area contributed by atoms with Crippen molar-refractivity contribution in [1.82, 2.24) is 0 Å². The Bertz CT molecular complexity index is 14.4. The minimum atomic E-state index is 0. The smallest absolute Gasteiger partial charge is 0.870 e. The Kier molecular flexibility index (Phi) is 1800. The minimum absolute atomic E-state index is 0. The third-order valence-corrected chi connectivity index (χ3v) is 0. The van der Waals surface area contributed by atoms with E-state index in [-0.39, 0.29) is 190 Å². The molecule has 0 amide bonds. The summed E-state index contributed by atoms with van der Waals surface area (Å²) >= 11 is 0. The Morgan fingerprint density at radius 3 is 0.364 bits per heavy atom. The standard InChI is InChI=1S/2K.7H2O.2Sb/h;;7*1H2;;/q2*+1;;;;;;;;;/p-4. The molecule has 0 heterocycles. The number of rotatable bonds is 0.